The fourth-order valence-corrected chi connectivity index (χ4v) is 6.14. The number of amides is 1. The molecule has 3 aromatic rings. The van der Waals surface area contributed by atoms with Gasteiger partial charge in [0.2, 0.25) is 0 Å². The topological polar surface area (TPSA) is 79.8 Å². The number of fused-ring (bicyclic) bond motifs is 1. The second kappa shape index (κ2) is 10.1. The van der Waals surface area contributed by atoms with Crippen molar-refractivity contribution in [2.24, 2.45) is 0 Å². The van der Waals surface area contributed by atoms with Crippen molar-refractivity contribution in [1.82, 2.24) is 9.88 Å². The summed E-state index contributed by atoms with van der Waals surface area (Å²) in [5.41, 5.74) is 0.397. The molecule has 2 aromatic heterocycles. The van der Waals surface area contributed by atoms with Crippen molar-refractivity contribution in [3.63, 3.8) is 0 Å². The average Bonchev–Trinajstić information content (AvgIpc) is 3.34. The number of anilines is 1. The summed E-state index contributed by atoms with van der Waals surface area (Å²) in [6.45, 7) is 4.07. The van der Waals surface area contributed by atoms with Gasteiger partial charge in [-0.15, -0.1) is 23.7 Å². The van der Waals surface area contributed by atoms with Crippen molar-refractivity contribution in [2.75, 3.05) is 50.5 Å². The molecule has 31 heavy (non-hydrogen) atoms. The largest absolute Gasteiger partial charge is 0.379 e. The number of hydrogen-bond donors (Lipinski definition) is 0. The first-order valence-electron chi connectivity index (χ1n) is 9.30. The highest BCUT2D eigenvalue weighted by Crippen LogP contribution is 2.34. The third-order valence-corrected chi connectivity index (χ3v) is 8.16. The summed E-state index contributed by atoms with van der Waals surface area (Å²) in [5.74, 6) is -0.194. The minimum absolute atomic E-state index is 0. The third kappa shape index (κ3) is 5.57. The van der Waals surface area contributed by atoms with Crippen LogP contribution >= 0.6 is 46.7 Å². The minimum atomic E-state index is -3.44. The summed E-state index contributed by atoms with van der Waals surface area (Å²) in [6, 6.07) is 8.45. The van der Waals surface area contributed by atoms with Crippen molar-refractivity contribution in [2.45, 2.75) is 4.90 Å². The van der Waals surface area contributed by atoms with Crippen LogP contribution < -0.4 is 4.90 Å². The van der Waals surface area contributed by atoms with E-state index in [0.717, 1.165) is 24.0 Å². The van der Waals surface area contributed by atoms with E-state index in [-0.39, 0.29) is 23.2 Å². The zero-order valence-corrected chi connectivity index (χ0v) is 20.6. The van der Waals surface area contributed by atoms with Gasteiger partial charge in [-0.25, -0.2) is 13.4 Å². The molecule has 1 aliphatic rings. The van der Waals surface area contributed by atoms with Gasteiger partial charge in [-0.05, 0) is 24.3 Å². The first kappa shape index (κ1) is 24.4. The number of morpholine rings is 1. The summed E-state index contributed by atoms with van der Waals surface area (Å²) in [5, 5.41) is 0.476. The van der Waals surface area contributed by atoms with Gasteiger partial charge in [-0.1, -0.05) is 29.0 Å². The predicted octanol–water partition coefficient (Wildman–Crippen LogP) is 3.82. The third-order valence-electron chi connectivity index (χ3n) is 4.77. The Hall–Kier alpha value is -1.27. The lowest BCUT2D eigenvalue weighted by molar-refractivity contribution is 0.0391. The number of ether oxygens (including phenoxy) is 1. The Morgan fingerprint density at radius 3 is 2.61 bits per heavy atom. The number of hydrogen-bond acceptors (Lipinski definition) is 8. The van der Waals surface area contributed by atoms with E-state index >= 15 is 0 Å². The number of halogens is 2. The van der Waals surface area contributed by atoms with Crippen LogP contribution in [0.25, 0.3) is 10.2 Å². The highest BCUT2D eigenvalue weighted by atomic mass is 35.5. The molecule has 7 nitrogen and oxygen atoms in total. The van der Waals surface area contributed by atoms with Gasteiger partial charge >= 0.3 is 0 Å². The Labute approximate surface area is 199 Å². The number of aromatic nitrogens is 1. The van der Waals surface area contributed by atoms with Gasteiger partial charge in [0.15, 0.2) is 15.0 Å². The molecule has 0 atom stereocenters. The van der Waals surface area contributed by atoms with Crippen molar-refractivity contribution in [3.05, 3.63) is 39.5 Å². The van der Waals surface area contributed by atoms with Gasteiger partial charge < -0.3 is 4.74 Å². The highest BCUT2D eigenvalue weighted by molar-refractivity contribution is 7.91. The van der Waals surface area contributed by atoms with Crippen LogP contribution in [0.3, 0.4) is 0 Å². The summed E-state index contributed by atoms with van der Waals surface area (Å²) in [6.07, 6.45) is 1.16. The molecular formula is C19H21Cl2N3O4S3. The molecule has 3 heterocycles. The van der Waals surface area contributed by atoms with Gasteiger partial charge in [-0.2, -0.15) is 0 Å². The maximum atomic E-state index is 13.3. The Morgan fingerprint density at radius 1 is 1.23 bits per heavy atom. The van der Waals surface area contributed by atoms with Crippen LogP contribution in [0.1, 0.15) is 9.67 Å². The van der Waals surface area contributed by atoms with E-state index in [1.807, 2.05) is 6.07 Å². The van der Waals surface area contributed by atoms with Gasteiger partial charge in [0.05, 0.1) is 32.0 Å². The second-order valence-corrected chi connectivity index (χ2v) is 11.6. The Balaban J connectivity index is 0.00000272. The molecule has 0 N–H and O–H groups in total. The monoisotopic (exact) mass is 521 g/mol. The maximum absolute atomic E-state index is 13.3. The van der Waals surface area contributed by atoms with Crippen LogP contribution in [0.2, 0.25) is 4.34 Å². The molecule has 0 unspecified atom stereocenters. The number of sulfone groups is 1. The smallest absolute Gasteiger partial charge is 0.270 e. The number of para-hydroxylation sites is 1. The predicted molar refractivity (Wildman–Crippen MR) is 128 cm³/mol. The number of rotatable bonds is 6. The average molecular weight is 523 g/mol. The quantitative estimate of drug-likeness (QED) is 0.490. The van der Waals surface area contributed by atoms with Gasteiger partial charge in [0.1, 0.15) is 5.52 Å². The summed E-state index contributed by atoms with van der Waals surface area (Å²) in [4.78, 5) is 22.4. The number of carbonyl (C=O) groups excluding carboxylic acids is 1. The van der Waals surface area contributed by atoms with E-state index in [1.165, 1.54) is 22.7 Å². The number of carbonyl (C=O) groups is 1. The first-order valence-corrected chi connectivity index (χ1v) is 13.2. The van der Waals surface area contributed by atoms with Crippen LogP contribution in [0.4, 0.5) is 5.13 Å². The molecule has 0 radical (unpaired) electrons. The van der Waals surface area contributed by atoms with Crippen molar-refractivity contribution < 1.29 is 17.9 Å². The summed E-state index contributed by atoms with van der Waals surface area (Å²) in [7, 11) is -3.44. The lowest BCUT2D eigenvalue weighted by atomic mass is 10.3. The number of benzene rings is 1. The fourth-order valence-electron chi connectivity index (χ4n) is 3.24. The molecule has 1 amide bonds. The van der Waals surface area contributed by atoms with Crippen molar-refractivity contribution in [1.29, 1.82) is 0 Å². The van der Waals surface area contributed by atoms with Gasteiger partial charge in [0, 0.05) is 32.4 Å². The molecule has 4 rings (SSSR count). The summed E-state index contributed by atoms with van der Waals surface area (Å²) < 4.78 is 31.0. The molecular weight excluding hydrogens is 501 g/mol. The Kier molecular flexibility index (Phi) is 7.95. The van der Waals surface area contributed by atoms with Crippen molar-refractivity contribution >= 4 is 77.8 Å². The van der Waals surface area contributed by atoms with Crippen LogP contribution in [-0.4, -0.2) is 69.9 Å². The fraction of sp³-hybridized carbons (Fsp3) is 0.368. The van der Waals surface area contributed by atoms with E-state index in [2.05, 4.69) is 9.88 Å². The molecule has 1 aromatic carbocycles. The van der Waals surface area contributed by atoms with Gasteiger partial charge in [-0.3, -0.25) is 14.6 Å². The highest BCUT2D eigenvalue weighted by Gasteiger charge is 2.25. The SMILES string of the molecule is CS(=O)(=O)c1cccc2sc(N(CCN3CCOCC3)C(=O)c3ccc(Cl)s3)nc12.Cl. The molecule has 0 spiro atoms. The number of thiazole rings is 1. The van der Waals surface area contributed by atoms with E-state index in [4.69, 9.17) is 16.3 Å². The normalized spacial score (nSPS) is 15.0. The molecule has 0 bridgehead atoms. The van der Waals surface area contributed by atoms with Crippen LogP contribution in [0.5, 0.6) is 0 Å². The van der Waals surface area contributed by atoms with Crippen LogP contribution in [-0.2, 0) is 14.6 Å². The zero-order valence-electron chi connectivity index (χ0n) is 16.6. The molecule has 168 valence electrons. The van der Waals surface area contributed by atoms with Gasteiger partial charge in [0.25, 0.3) is 5.91 Å². The zero-order chi connectivity index (χ0) is 21.3. The van der Waals surface area contributed by atoms with Crippen molar-refractivity contribution in [3.8, 4) is 0 Å². The standard InChI is InChI=1S/C19H20ClN3O4S3.ClH/c1-30(25,26)15-4-2-3-13-17(15)21-19(29-13)23(8-7-22-9-11-27-12-10-22)18(24)14-5-6-16(20)28-14;/h2-6H,7-12H2,1H3;1H. The van der Waals surface area contributed by atoms with Crippen LogP contribution in [0.15, 0.2) is 35.2 Å². The maximum Gasteiger partial charge on any atom is 0.270 e. The molecule has 1 aliphatic heterocycles. The number of thiophene rings is 1. The molecule has 12 heteroatoms. The van der Waals surface area contributed by atoms with E-state index in [9.17, 15) is 13.2 Å². The van der Waals surface area contributed by atoms with E-state index in [1.54, 1.807) is 29.2 Å². The Morgan fingerprint density at radius 2 is 1.97 bits per heavy atom. The summed E-state index contributed by atoms with van der Waals surface area (Å²) >= 11 is 8.56. The Bertz CT molecular complexity index is 1170. The first-order chi connectivity index (χ1) is 14.3. The number of nitrogens with zero attached hydrogens (tertiary/aromatic N) is 3. The lowest BCUT2D eigenvalue weighted by Crippen LogP contribution is -2.43. The molecule has 0 aliphatic carbocycles. The lowest BCUT2D eigenvalue weighted by Gasteiger charge is -2.29. The minimum Gasteiger partial charge on any atom is -0.379 e. The molecule has 1 saturated heterocycles. The second-order valence-electron chi connectivity index (χ2n) is 6.89. The van der Waals surface area contributed by atoms with E-state index < -0.39 is 9.84 Å². The molecule has 1 fully saturated rings. The van der Waals surface area contributed by atoms with E-state index in [0.29, 0.717) is 46.2 Å². The molecule has 0 saturated carbocycles. The van der Waals surface area contributed by atoms with Crippen LogP contribution in [0, 0.1) is 0 Å².